The first-order chi connectivity index (χ1) is 15.9. The third-order valence-electron chi connectivity index (χ3n) is 5.40. The summed E-state index contributed by atoms with van der Waals surface area (Å²) in [6.07, 6.45) is 2.68. The van der Waals surface area contributed by atoms with Gasteiger partial charge in [-0.1, -0.05) is 49.1 Å². The van der Waals surface area contributed by atoms with Gasteiger partial charge in [0, 0.05) is 22.9 Å². The van der Waals surface area contributed by atoms with Gasteiger partial charge in [-0.15, -0.1) is 6.58 Å². The van der Waals surface area contributed by atoms with E-state index >= 15 is 0 Å². The number of nitrogens with one attached hydrogen (secondary N) is 2. The summed E-state index contributed by atoms with van der Waals surface area (Å²) in [6.45, 7) is 16.2. The molecule has 4 aromatic rings. The average molecular weight is 438 g/mol. The van der Waals surface area contributed by atoms with E-state index in [0.29, 0.717) is 23.8 Å². The number of benzene rings is 2. The van der Waals surface area contributed by atoms with Crippen LogP contribution in [0.5, 0.6) is 0 Å². The molecule has 2 aromatic carbocycles. The van der Waals surface area contributed by atoms with E-state index in [9.17, 15) is 4.79 Å². The summed E-state index contributed by atoms with van der Waals surface area (Å²) in [7, 11) is 0. The van der Waals surface area contributed by atoms with Crippen LogP contribution in [-0.2, 0) is 13.0 Å². The van der Waals surface area contributed by atoms with Gasteiger partial charge in [-0.05, 0) is 55.2 Å². The van der Waals surface area contributed by atoms with Gasteiger partial charge in [-0.25, -0.2) is 4.98 Å². The number of aromatic amines is 1. The molecule has 6 nitrogen and oxygen atoms in total. The second-order valence-electron chi connectivity index (χ2n) is 8.16. The van der Waals surface area contributed by atoms with Crippen LogP contribution in [0.1, 0.15) is 36.2 Å². The minimum Gasteiger partial charge on any atom is -0.379 e. The molecule has 0 aliphatic heterocycles. The molecule has 0 radical (unpaired) electrons. The van der Waals surface area contributed by atoms with Crippen molar-refractivity contribution < 1.29 is 0 Å². The monoisotopic (exact) mass is 437 g/mol. The highest BCUT2D eigenvalue weighted by Crippen LogP contribution is 2.25. The van der Waals surface area contributed by atoms with Gasteiger partial charge in [0.1, 0.15) is 0 Å². The molecular weight excluding hydrogens is 410 g/mol. The average Bonchev–Trinajstić information content (AvgIpc) is 3.23. The van der Waals surface area contributed by atoms with Gasteiger partial charge in [0.2, 0.25) is 0 Å². The van der Waals surface area contributed by atoms with E-state index < -0.39 is 0 Å². The summed E-state index contributed by atoms with van der Waals surface area (Å²) >= 11 is 0. The zero-order valence-corrected chi connectivity index (χ0v) is 19.0. The lowest BCUT2D eigenvalue weighted by atomic mass is 10.0. The third kappa shape index (κ3) is 4.70. The first-order valence-corrected chi connectivity index (χ1v) is 10.7. The SMILES string of the molecule is C=CCc1ccc(NCc2cc(=O)n3[nH]c(-c4cccc(C(=C)C)c4)nc3n2)c(C(=C)C)c1. The Balaban J connectivity index is 1.62. The maximum Gasteiger partial charge on any atom is 0.274 e. The molecule has 4 rings (SSSR count). The molecule has 0 amide bonds. The van der Waals surface area contributed by atoms with Crippen LogP contribution in [-0.4, -0.2) is 19.6 Å². The summed E-state index contributed by atoms with van der Waals surface area (Å²) in [5.41, 5.74) is 7.35. The summed E-state index contributed by atoms with van der Waals surface area (Å²) < 4.78 is 1.36. The first-order valence-electron chi connectivity index (χ1n) is 10.7. The number of H-pyrrole nitrogens is 1. The van der Waals surface area contributed by atoms with E-state index in [4.69, 9.17) is 0 Å². The number of aromatic nitrogens is 4. The molecule has 6 heteroatoms. The quantitative estimate of drug-likeness (QED) is 0.357. The fraction of sp³-hybridized carbons (Fsp3) is 0.148. The van der Waals surface area contributed by atoms with Crippen molar-refractivity contribution in [3.05, 3.63) is 107 Å². The second kappa shape index (κ2) is 9.12. The van der Waals surface area contributed by atoms with E-state index in [-0.39, 0.29) is 5.56 Å². The Hall–Kier alpha value is -4.19. The number of fused-ring (bicyclic) bond motifs is 1. The maximum atomic E-state index is 12.7. The van der Waals surface area contributed by atoms with Crippen molar-refractivity contribution in [1.82, 2.24) is 19.6 Å². The number of hydrogen-bond acceptors (Lipinski definition) is 4. The van der Waals surface area contributed by atoms with Crippen LogP contribution < -0.4 is 10.9 Å². The van der Waals surface area contributed by atoms with Gasteiger partial charge >= 0.3 is 0 Å². The Labute approximate surface area is 193 Å². The fourth-order valence-corrected chi connectivity index (χ4v) is 3.66. The van der Waals surface area contributed by atoms with Crippen LogP contribution in [0.3, 0.4) is 0 Å². The summed E-state index contributed by atoms with van der Waals surface area (Å²) in [4.78, 5) is 21.8. The van der Waals surface area contributed by atoms with Gasteiger partial charge in [-0.3, -0.25) is 9.89 Å². The first kappa shape index (κ1) is 22.0. The normalized spacial score (nSPS) is 10.8. The highest BCUT2D eigenvalue weighted by Gasteiger charge is 2.11. The Kier molecular flexibility index (Phi) is 6.09. The van der Waals surface area contributed by atoms with Crippen LogP contribution >= 0.6 is 0 Å². The van der Waals surface area contributed by atoms with Crippen LogP contribution in [0, 0.1) is 0 Å². The largest absolute Gasteiger partial charge is 0.379 e. The number of hydrogen-bond donors (Lipinski definition) is 2. The molecule has 0 saturated heterocycles. The molecule has 0 aliphatic carbocycles. The molecule has 166 valence electrons. The van der Waals surface area contributed by atoms with Gasteiger partial charge in [0.15, 0.2) is 5.82 Å². The Morgan fingerprint density at radius 1 is 1.09 bits per heavy atom. The molecule has 2 heterocycles. The number of rotatable bonds is 8. The lowest BCUT2D eigenvalue weighted by Crippen LogP contribution is -2.17. The predicted octanol–water partition coefficient (Wildman–Crippen LogP) is 5.49. The smallest absolute Gasteiger partial charge is 0.274 e. The van der Waals surface area contributed by atoms with Crippen LogP contribution in [0.25, 0.3) is 28.3 Å². The third-order valence-corrected chi connectivity index (χ3v) is 5.40. The molecule has 0 unspecified atom stereocenters. The topological polar surface area (TPSA) is 75.1 Å². The fourth-order valence-electron chi connectivity index (χ4n) is 3.66. The minimum atomic E-state index is -0.215. The van der Waals surface area contributed by atoms with E-state index in [1.807, 2.05) is 50.3 Å². The Bertz CT molecular complexity index is 1440. The highest BCUT2D eigenvalue weighted by molar-refractivity contribution is 5.74. The molecule has 0 saturated carbocycles. The zero-order valence-electron chi connectivity index (χ0n) is 19.0. The van der Waals surface area contributed by atoms with E-state index in [1.54, 1.807) is 0 Å². The zero-order chi connectivity index (χ0) is 23.5. The molecule has 2 N–H and O–H groups in total. The molecule has 0 bridgehead atoms. The molecule has 0 atom stereocenters. The maximum absolute atomic E-state index is 12.7. The van der Waals surface area contributed by atoms with Crippen molar-refractivity contribution >= 4 is 22.6 Å². The van der Waals surface area contributed by atoms with Gasteiger partial charge < -0.3 is 5.32 Å². The summed E-state index contributed by atoms with van der Waals surface area (Å²) in [6, 6.07) is 15.6. The summed E-state index contributed by atoms with van der Waals surface area (Å²) in [5, 5.41) is 6.44. The molecular formula is C27H27N5O. The summed E-state index contributed by atoms with van der Waals surface area (Å²) in [5.74, 6) is 0.909. The minimum absolute atomic E-state index is 0.215. The standard InChI is InChI=1S/C27H27N5O/c1-6-8-19-11-12-24(23(13-19)18(4)5)28-16-22-15-25(33)32-27(29-22)30-26(31-32)21-10-7-9-20(14-21)17(2)3/h6-7,9-15,28H,1-2,4,8,16H2,3,5H3,(H,29,30,31). The Morgan fingerprint density at radius 3 is 2.64 bits per heavy atom. The number of anilines is 1. The lowest BCUT2D eigenvalue weighted by molar-refractivity contribution is 0.878. The lowest BCUT2D eigenvalue weighted by Gasteiger charge is -2.13. The van der Waals surface area contributed by atoms with Gasteiger partial charge in [0.25, 0.3) is 11.3 Å². The molecule has 0 fully saturated rings. The van der Waals surface area contributed by atoms with Gasteiger partial charge in [0.05, 0.1) is 12.2 Å². The van der Waals surface area contributed by atoms with Crippen LogP contribution in [0.15, 0.2) is 79.1 Å². The number of allylic oxidation sites excluding steroid dienone is 3. The van der Waals surface area contributed by atoms with Crippen molar-refractivity contribution in [3.8, 4) is 11.4 Å². The molecule has 0 aliphatic rings. The van der Waals surface area contributed by atoms with E-state index in [2.05, 4.69) is 52.3 Å². The highest BCUT2D eigenvalue weighted by atomic mass is 16.1. The molecule has 0 spiro atoms. The van der Waals surface area contributed by atoms with Crippen LogP contribution in [0.2, 0.25) is 0 Å². The Morgan fingerprint density at radius 2 is 1.91 bits per heavy atom. The van der Waals surface area contributed by atoms with E-state index in [1.165, 1.54) is 16.1 Å². The van der Waals surface area contributed by atoms with Crippen LogP contribution in [0.4, 0.5) is 5.69 Å². The predicted molar refractivity (Wildman–Crippen MR) is 136 cm³/mol. The molecule has 2 aromatic heterocycles. The molecule has 33 heavy (non-hydrogen) atoms. The van der Waals surface area contributed by atoms with Crippen molar-refractivity contribution in [2.24, 2.45) is 0 Å². The van der Waals surface area contributed by atoms with Gasteiger partial charge in [-0.2, -0.15) is 9.50 Å². The van der Waals surface area contributed by atoms with Crippen molar-refractivity contribution in [2.45, 2.75) is 26.8 Å². The van der Waals surface area contributed by atoms with E-state index in [0.717, 1.165) is 39.9 Å². The second-order valence-corrected chi connectivity index (χ2v) is 8.16. The van der Waals surface area contributed by atoms with Crippen molar-refractivity contribution in [1.29, 1.82) is 0 Å². The van der Waals surface area contributed by atoms with Crippen molar-refractivity contribution in [2.75, 3.05) is 5.32 Å². The van der Waals surface area contributed by atoms with Crippen molar-refractivity contribution in [3.63, 3.8) is 0 Å². The number of nitrogens with zero attached hydrogens (tertiary/aromatic N) is 3.